The molecule has 0 spiro atoms. The molecule has 0 aliphatic carbocycles. The molecule has 110 valence electrons. The Balaban J connectivity index is 2.61. The fourth-order valence-corrected chi connectivity index (χ4v) is 1.24. The van der Waals surface area contributed by atoms with Crippen LogP contribution in [0.5, 0.6) is 5.88 Å². The van der Waals surface area contributed by atoms with E-state index in [1.165, 1.54) is 7.11 Å². The maximum Gasteiger partial charge on any atom is 0.433 e. The third-order valence-electron chi connectivity index (χ3n) is 2.17. The van der Waals surface area contributed by atoms with Crippen molar-refractivity contribution in [3.05, 3.63) is 23.4 Å². The second kappa shape index (κ2) is 7.67. The standard InChI is InChI=1S/C12H13F3N2O3/c1-18-4-5-19-6-7-20-11-9(8-16)2-3-10(17-11)12(13,14)15/h2-3H,4-7H2,1H3. The lowest BCUT2D eigenvalue weighted by Gasteiger charge is -2.10. The van der Waals surface area contributed by atoms with Crippen molar-refractivity contribution in [2.75, 3.05) is 33.5 Å². The van der Waals surface area contributed by atoms with Gasteiger partial charge in [-0.1, -0.05) is 0 Å². The fourth-order valence-electron chi connectivity index (χ4n) is 1.24. The quantitative estimate of drug-likeness (QED) is 0.719. The van der Waals surface area contributed by atoms with Gasteiger partial charge < -0.3 is 14.2 Å². The Kier molecular flexibility index (Phi) is 6.21. The lowest BCUT2D eigenvalue weighted by Crippen LogP contribution is -2.13. The summed E-state index contributed by atoms with van der Waals surface area (Å²) in [6.45, 7) is 0.908. The highest BCUT2D eigenvalue weighted by Gasteiger charge is 2.33. The number of ether oxygens (including phenoxy) is 3. The molecule has 0 bridgehead atoms. The van der Waals surface area contributed by atoms with Crippen molar-refractivity contribution >= 4 is 0 Å². The van der Waals surface area contributed by atoms with E-state index in [0.717, 1.165) is 12.1 Å². The van der Waals surface area contributed by atoms with Gasteiger partial charge in [-0.05, 0) is 12.1 Å². The molecule has 0 unspecified atom stereocenters. The van der Waals surface area contributed by atoms with Crippen LogP contribution in [0.15, 0.2) is 12.1 Å². The van der Waals surface area contributed by atoms with Crippen LogP contribution in [0.25, 0.3) is 0 Å². The van der Waals surface area contributed by atoms with Crippen LogP contribution in [0, 0.1) is 11.3 Å². The van der Waals surface area contributed by atoms with Gasteiger partial charge >= 0.3 is 6.18 Å². The zero-order valence-corrected chi connectivity index (χ0v) is 10.7. The Morgan fingerprint density at radius 2 is 1.90 bits per heavy atom. The molecule has 0 aliphatic heterocycles. The topological polar surface area (TPSA) is 64.4 Å². The average molecular weight is 290 g/mol. The Hall–Kier alpha value is -1.85. The summed E-state index contributed by atoms with van der Waals surface area (Å²) in [6, 6.07) is 3.48. The third kappa shape index (κ3) is 5.03. The number of nitriles is 1. The molecule has 1 rings (SSSR count). The molecule has 0 atom stereocenters. The van der Waals surface area contributed by atoms with Gasteiger partial charge in [0.15, 0.2) is 0 Å². The zero-order valence-electron chi connectivity index (χ0n) is 10.7. The molecule has 8 heteroatoms. The summed E-state index contributed by atoms with van der Waals surface area (Å²) in [6.07, 6.45) is -4.58. The first-order valence-electron chi connectivity index (χ1n) is 5.67. The predicted molar refractivity (Wildman–Crippen MR) is 62.1 cm³/mol. The first kappa shape index (κ1) is 16.2. The van der Waals surface area contributed by atoms with Crippen LogP contribution < -0.4 is 4.74 Å². The van der Waals surface area contributed by atoms with Gasteiger partial charge in [0.1, 0.15) is 23.9 Å². The van der Waals surface area contributed by atoms with Crippen LogP contribution >= 0.6 is 0 Å². The molecule has 1 aromatic heterocycles. The molecular weight excluding hydrogens is 277 g/mol. The molecule has 0 amide bonds. The number of hydrogen-bond donors (Lipinski definition) is 0. The van der Waals surface area contributed by atoms with Crippen molar-refractivity contribution in [2.24, 2.45) is 0 Å². The zero-order chi connectivity index (χ0) is 15.0. The molecule has 0 aromatic carbocycles. The maximum atomic E-state index is 12.5. The van der Waals surface area contributed by atoms with Crippen molar-refractivity contribution in [3.63, 3.8) is 0 Å². The van der Waals surface area contributed by atoms with Crippen LogP contribution in [0.2, 0.25) is 0 Å². The van der Waals surface area contributed by atoms with Crippen LogP contribution in [-0.4, -0.2) is 38.5 Å². The lowest BCUT2D eigenvalue weighted by molar-refractivity contribution is -0.141. The highest BCUT2D eigenvalue weighted by atomic mass is 19.4. The molecule has 0 radical (unpaired) electrons. The first-order valence-corrected chi connectivity index (χ1v) is 5.67. The van der Waals surface area contributed by atoms with E-state index in [0.29, 0.717) is 13.2 Å². The largest absolute Gasteiger partial charge is 0.474 e. The molecule has 1 heterocycles. The number of nitrogens with zero attached hydrogens (tertiary/aromatic N) is 2. The summed E-state index contributed by atoms with van der Waals surface area (Å²) < 4.78 is 52.4. The van der Waals surface area contributed by atoms with E-state index < -0.39 is 11.9 Å². The number of alkyl halides is 3. The van der Waals surface area contributed by atoms with Crippen LogP contribution in [0.4, 0.5) is 13.2 Å². The summed E-state index contributed by atoms with van der Waals surface area (Å²) in [7, 11) is 1.52. The van der Waals surface area contributed by atoms with Crippen molar-refractivity contribution in [1.29, 1.82) is 5.26 Å². The minimum Gasteiger partial charge on any atom is -0.474 e. The highest BCUT2D eigenvalue weighted by molar-refractivity contribution is 5.39. The molecule has 5 nitrogen and oxygen atoms in total. The number of pyridine rings is 1. The SMILES string of the molecule is COCCOCCOc1nc(C(F)(F)F)ccc1C#N. The van der Waals surface area contributed by atoms with Crippen molar-refractivity contribution in [3.8, 4) is 11.9 Å². The maximum absolute atomic E-state index is 12.5. The summed E-state index contributed by atoms with van der Waals surface area (Å²) >= 11 is 0. The van der Waals surface area contributed by atoms with Crippen LogP contribution in [-0.2, 0) is 15.7 Å². The smallest absolute Gasteiger partial charge is 0.433 e. The Labute approximate surface area is 113 Å². The molecular formula is C12H13F3N2O3. The Morgan fingerprint density at radius 3 is 2.50 bits per heavy atom. The second-order valence-corrected chi connectivity index (χ2v) is 3.61. The summed E-state index contributed by atoms with van der Waals surface area (Å²) in [4.78, 5) is 3.30. The van der Waals surface area contributed by atoms with E-state index in [1.54, 1.807) is 6.07 Å². The van der Waals surface area contributed by atoms with Crippen molar-refractivity contribution < 1.29 is 27.4 Å². The normalized spacial score (nSPS) is 11.2. The van der Waals surface area contributed by atoms with Gasteiger partial charge in [-0.3, -0.25) is 0 Å². The van der Waals surface area contributed by atoms with Gasteiger partial charge in [0.25, 0.3) is 0 Å². The van der Waals surface area contributed by atoms with E-state index >= 15 is 0 Å². The fraction of sp³-hybridized carbons (Fsp3) is 0.500. The van der Waals surface area contributed by atoms with E-state index in [-0.39, 0.29) is 24.7 Å². The molecule has 20 heavy (non-hydrogen) atoms. The molecule has 0 saturated heterocycles. The van der Waals surface area contributed by atoms with Crippen LogP contribution in [0.1, 0.15) is 11.3 Å². The summed E-state index contributed by atoms with van der Waals surface area (Å²) in [5.74, 6) is -0.349. The minimum absolute atomic E-state index is 0.00724. The molecule has 0 saturated carbocycles. The van der Waals surface area contributed by atoms with Crippen molar-refractivity contribution in [1.82, 2.24) is 4.98 Å². The second-order valence-electron chi connectivity index (χ2n) is 3.61. The highest BCUT2D eigenvalue weighted by Crippen LogP contribution is 2.29. The van der Waals surface area contributed by atoms with E-state index in [4.69, 9.17) is 19.5 Å². The predicted octanol–water partition coefficient (Wildman–Crippen LogP) is 2.01. The summed E-state index contributed by atoms with van der Waals surface area (Å²) in [5, 5.41) is 8.79. The van der Waals surface area contributed by atoms with Gasteiger partial charge in [0, 0.05) is 7.11 Å². The molecule has 0 fully saturated rings. The van der Waals surface area contributed by atoms with Gasteiger partial charge in [-0.2, -0.15) is 18.4 Å². The van der Waals surface area contributed by atoms with E-state index in [1.807, 2.05) is 0 Å². The monoisotopic (exact) mass is 290 g/mol. The first-order chi connectivity index (χ1) is 9.49. The van der Waals surface area contributed by atoms with E-state index in [9.17, 15) is 13.2 Å². The molecule has 1 aromatic rings. The third-order valence-corrected chi connectivity index (χ3v) is 2.17. The van der Waals surface area contributed by atoms with Crippen molar-refractivity contribution in [2.45, 2.75) is 6.18 Å². The minimum atomic E-state index is -4.58. The lowest BCUT2D eigenvalue weighted by atomic mass is 10.2. The number of aromatic nitrogens is 1. The summed E-state index contributed by atoms with van der Waals surface area (Å²) in [5.41, 5.74) is -1.17. The number of hydrogen-bond acceptors (Lipinski definition) is 5. The van der Waals surface area contributed by atoms with Gasteiger partial charge in [-0.15, -0.1) is 0 Å². The van der Waals surface area contributed by atoms with Gasteiger partial charge in [0.05, 0.1) is 19.8 Å². The van der Waals surface area contributed by atoms with E-state index in [2.05, 4.69) is 4.98 Å². The number of rotatable bonds is 7. The molecule has 0 aliphatic rings. The average Bonchev–Trinajstić information content (AvgIpc) is 2.41. The number of methoxy groups -OCH3 is 1. The Morgan fingerprint density at radius 1 is 1.20 bits per heavy atom. The Bertz CT molecular complexity index is 472. The van der Waals surface area contributed by atoms with Gasteiger partial charge in [0.2, 0.25) is 5.88 Å². The van der Waals surface area contributed by atoms with Gasteiger partial charge in [-0.25, -0.2) is 4.98 Å². The van der Waals surface area contributed by atoms with Crippen LogP contribution in [0.3, 0.4) is 0 Å². The molecule has 0 N–H and O–H groups in total. The number of halogens is 3.